The van der Waals surface area contributed by atoms with Crippen LogP contribution in [0, 0.1) is 23.7 Å². The summed E-state index contributed by atoms with van der Waals surface area (Å²) >= 11 is 3.39. The fourth-order valence-electron chi connectivity index (χ4n) is 5.38. The molecule has 0 radical (unpaired) electrons. The lowest BCUT2D eigenvalue weighted by Gasteiger charge is -2.28. The molecule has 3 aromatic rings. The highest BCUT2D eigenvalue weighted by molar-refractivity contribution is 7.98. The van der Waals surface area contributed by atoms with Crippen LogP contribution in [0.4, 0.5) is 0 Å². The number of thiazole rings is 1. The standard InChI is InChI=1S/C23H26N2OS2/c1-3-16-10-15-8-14(9-17(16)11-15)4-5-21-25-20-13-18(27-2)12-19(22(20)26-21)23-24-6-7-28-23/h3,6-7,12-17H,1,4-5,8-11H2,2H3. The largest absolute Gasteiger partial charge is 0.440 e. The Hall–Kier alpha value is -1.59. The van der Waals surface area contributed by atoms with E-state index in [1.807, 2.05) is 11.6 Å². The first kappa shape index (κ1) is 18.4. The molecule has 2 bridgehead atoms. The summed E-state index contributed by atoms with van der Waals surface area (Å²) in [6, 6.07) is 4.31. The zero-order valence-corrected chi connectivity index (χ0v) is 17.9. The Balaban J connectivity index is 1.36. The van der Waals surface area contributed by atoms with Gasteiger partial charge in [0.1, 0.15) is 10.5 Å². The van der Waals surface area contributed by atoms with Crippen molar-refractivity contribution in [3.05, 3.63) is 42.3 Å². The van der Waals surface area contributed by atoms with Gasteiger partial charge in [-0.1, -0.05) is 6.08 Å². The zero-order chi connectivity index (χ0) is 19.1. The summed E-state index contributed by atoms with van der Waals surface area (Å²) < 4.78 is 6.26. The van der Waals surface area contributed by atoms with Crippen molar-refractivity contribution in [3.8, 4) is 10.6 Å². The third-order valence-corrected chi connectivity index (χ3v) is 8.14. The van der Waals surface area contributed by atoms with E-state index in [0.717, 1.165) is 57.7 Å². The molecule has 0 N–H and O–H groups in total. The van der Waals surface area contributed by atoms with Crippen molar-refractivity contribution in [1.82, 2.24) is 9.97 Å². The molecular formula is C23H26N2OS2. The molecule has 4 atom stereocenters. The molecular weight excluding hydrogens is 384 g/mol. The first-order chi connectivity index (χ1) is 13.7. The number of oxazole rings is 1. The molecule has 5 rings (SSSR count). The summed E-state index contributed by atoms with van der Waals surface area (Å²) in [6.45, 7) is 4.06. The van der Waals surface area contributed by atoms with E-state index in [0.29, 0.717) is 0 Å². The second-order valence-electron chi connectivity index (χ2n) is 8.34. The summed E-state index contributed by atoms with van der Waals surface area (Å²) in [5, 5.41) is 3.01. The van der Waals surface area contributed by atoms with E-state index in [4.69, 9.17) is 9.40 Å². The monoisotopic (exact) mass is 410 g/mol. The van der Waals surface area contributed by atoms with Crippen LogP contribution in [0.1, 0.15) is 38.0 Å². The average Bonchev–Trinajstić information content (AvgIpc) is 3.44. The van der Waals surface area contributed by atoms with E-state index < -0.39 is 0 Å². The molecule has 5 heteroatoms. The predicted molar refractivity (Wildman–Crippen MR) is 118 cm³/mol. The van der Waals surface area contributed by atoms with Crippen LogP contribution in [0.15, 0.2) is 45.7 Å². The summed E-state index contributed by atoms with van der Waals surface area (Å²) in [5.74, 6) is 4.22. The number of benzene rings is 1. The van der Waals surface area contributed by atoms with Gasteiger partial charge in [0.25, 0.3) is 0 Å². The van der Waals surface area contributed by atoms with Crippen molar-refractivity contribution < 1.29 is 4.42 Å². The molecule has 2 aliphatic carbocycles. The Bertz CT molecular complexity index is 978. The summed E-state index contributed by atoms with van der Waals surface area (Å²) in [7, 11) is 0. The lowest BCUT2D eigenvalue weighted by Crippen LogP contribution is -2.17. The molecule has 146 valence electrons. The molecule has 1 aromatic carbocycles. The van der Waals surface area contributed by atoms with Crippen molar-refractivity contribution in [2.24, 2.45) is 23.7 Å². The normalized spacial score (nSPS) is 26.8. The zero-order valence-electron chi connectivity index (χ0n) is 16.3. The highest BCUT2D eigenvalue weighted by atomic mass is 32.2. The Morgan fingerprint density at radius 1 is 1.29 bits per heavy atom. The summed E-state index contributed by atoms with van der Waals surface area (Å²) in [5.41, 5.74) is 2.92. The quantitative estimate of drug-likeness (QED) is 0.329. The summed E-state index contributed by atoms with van der Waals surface area (Å²) in [6.07, 6.45) is 13.8. The van der Waals surface area contributed by atoms with Crippen LogP contribution in [0.25, 0.3) is 21.7 Å². The lowest BCUT2D eigenvalue weighted by atomic mass is 9.78. The van der Waals surface area contributed by atoms with E-state index in [2.05, 4.69) is 36.0 Å². The maximum atomic E-state index is 6.26. The van der Waals surface area contributed by atoms with Crippen molar-refractivity contribution in [2.45, 2.75) is 43.4 Å². The minimum absolute atomic E-state index is 0.755. The van der Waals surface area contributed by atoms with Crippen molar-refractivity contribution in [2.75, 3.05) is 6.26 Å². The third-order valence-electron chi connectivity index (χ3n) is 6.63. The number of rotatable bonds is 6. The van der Waals surface area contributed by atoms with Gasteiger partial charge in [0.15, 0.2) is 11.5 Å². The molecule has 28 heavy (non-hydrogen) atoms. The minimum Gasteiger partial charge on any atom is -0.440 e. The van der Waals surface area contributed by atoms with Crippen LogP contribution in [0.3, 0.4) is 0 Å². The fraction of sp³-hybridized carbons (Fsp3) is 0.478. The molecule has 3 nitrogen and oxygen atoms in total. The van der Waals surface area contributed by atoms with Gasteiger partial charge in [0, 0.05) is 22.9 Å². The maximum Gasteiger partial charge on any atom is 0.195 e. The van der Waals surface area contributed by atoms with Crippen LogP contribution in [-0.4, -0.2) is 16.2 Å². The highest BCUT2D eigenvalue weighted by Crippen LogP contribution is 2.49. The minimum atomic E-state index is 0.755. The highest BCUT2D eigenvalue weighted by Gasteiger charge is 2.39. The molecule has 0 spiro atoms. The van der Waals surface area contributed by atoms with Gasteiger partial charge in [-0.05, 0) is 74.2 Å². The van der Waals surface area contributed by atoms with E-state index in [9.17, 15) is 0 Å². The number of nitrogens with zero attached hydrogens (tertiary/aromatic N) is 2. The van der Waals surface area contributed by atoms with Gasteiger partial charge in [-0.15, -0.1) is 29.7 Å². The van der Waals surface area contributed by atoms with E-state index in [1.165, 1.54) is 37.0 Å². The molecule has 0 amide bonds. The predicted octanol–water partition coefficient (Wildman–Crippen LogP) is 6.84. The molecule has 2 aromatic heterocycles. The van der Waals surface area contributed by atoms with Gasteiger partial charge < -0.3 is 4.42 Å². The fourth-order valence-corrected chi connectivity index (χ4v) is 6.50. The van der Waals surface area contributed by atoms with Crippen LogP contribution in [0.5, 0.6) is 0 Å². The topological polar surface area (TPSA) is 38.9 Å². The number of aryl methyl sites for hydroxylation is 1. The first-order valence-electron chi connectivity index (χ1n) is 10.2. The second-order valence-corrected chi connectivity index (χ2v) is 10.1. The van der Waals surface area contributed by atoms with Crippen molar-refractivity contribution >= 4 is 34.2 Å². The number of allylic oxidation sites excluding steroid dienone is 1. The van der Waals surface area contributed by atoms with Gasteiger partial charge >= 0.3 is 0 Å². The molecule has 2 aliphatic rings. The van der Waals surface area contributed by atoms with Crippen LogP contribution in [0.2, 0.25) is 0 Å². The Kier molecular flexibility index (Phi) is 5.06. The smallest absolute Gasteiger partial charge is 0.195 e. The van der Waals surface area contributed by atoms with Gasteiger partial charge in [-0.3, -0.25) is 0 Å². The Morgan fingerprint density at radius 3 is 3.00 bits per heavy atom. The number of thioether (sulfide) groups is 1. The van der Waals surface area contributed by atoms with Gasteiger partial charge in [0.05, 0.1) is 5.56 Å². The van der Waals surface area contributed by atoms with Gasteiger partial charge in [-0.25, -0.2) is 9.97 Å². The van der Waals surface area contributed by atoms with Crippen LogP contribution >= 0.6 is 23.1 Å². The van der Waals surface area contributed by atoms with E-state index >= 15 is 0 Å². The second kappa shape index (κ2) is 7.68. The first-order valence-corrected chi connectivity index (χ1v) is 12.3. The molecule has 4 unspecified atom stereocenters. The van der Waals surface area contributed by atoms with Crippen LogP contribution < -0.4 is 0 Å². The van der Waals surface area contributed by atoms with Gasteiger partial charge in [-0.2, -0.15) is 0 Å². The SMILES string of the molecule is C=CC1CC2CC(CCc3nc4cc(SC)cc(-c5nccs5)c4o3)CC1C2. The molecule has 0 saturated heterocycles. The van der Waals surface area contributed by atoms with E-state index in [-0.39, 0.29) is 0 Å². The molecule has 2 heterocycles. The Morgan fingerprint density at radius 2 is 2.21 bits per heavy atom. The molecule has 2 saturated carbocycles. The Labute approximate surface area is 174 Å². The molecule has 0 aliphatic heterocycles. The maximum absolute atomic E-state index is 6.26. The average molecular weight is 411 g/mol. The number of aromatic nitrogens is 2. The van der Waals surface area contributed by atoms with Crippen molar-refractivity contribution in [3.63, 3.8) is 0 Å². The number of hydrogen-bond acceptors (Lipinski definition) is 5. The van der Waals surface area contributed by atoms with Crippen molar-refractivity contribution in [1.29, 1.82) is 0 Å². The summed E-state index contributed by atoms with van der Waals surface area (Å²) in [4.78, 5) is 10.5. The number of hydrogen-bond donors (Lipinski definition) is 0. The number of fused-ring (bicyclic) bond motifs is 3. The van der Waals surface area contributed by atoms with E-state index in [1.54, 1.807) is 23.1 Å². The third kappa shape index (κ3) is 3.43. The molecule has 2 fully saturated rings. The van der Waals surface area contributed by atoms with Crippen LogP contribution in [-0.2, 0) is 6.42 Å². The lowest BCUT2D eigenvalue weighted by molar-refractivity contribution is 0.238. The van der Waals surface area contributed by atoms with Gasteiger partial charge in [0.2, 0.25) is 0 Å².